The first-order valence-electron chi connectivity index (χ1n) is 9.78. The zero-order chi connectivity index (χ0) is 20.8. The molecule has 2 aliphatic rings. The number of benzene rings is 2. The van der Waals surface area contributed by atoms with E-state index in [1.54, 1.807) is 11.3 Å². The van der Waals surface area contributed by atoms with Crippen molar-refractivity contribution in [2.75, 3.05) is 4.90 Å². The van der Waals surface area contributed by atoms with Gasteiger partial charge < -0.3 is 5.73 Å². The number of halogens is 1. The van der Waals surface area contributed by atoms with Crippen molar-refractivity contribution in [1.29, 1.82) is 5.26 Å². The molecule has 0 spiro atoms. The number of nitriles is 1. The van der Waals surface area contributed by atoms with Gasteiger partial charge in [0.2, 0.25) is 0 Å². The number of fused-ring (bicyclic) bond motifs is 1. The van der Waals surface area contributed by atoms with Gasteiger partial charge in [0.15, 0.2) is 5.78 Å². The van der Waals surface area contributed by atoms with E-state index in [9.17, 15) is 10.1 Å². The Bertz CT molecular complexity index is 1290. The number of anilines is 1. The quantitative estimate of drug-likeness (QED) is 0.495. The number of hydrogen-bond acceptors (Lipinski definition) is 5. The first-order valence-corrected chi connectivity index (χ1v) is 11.4. The molecule has 2 heterocycles. The van der Waals surface area contributed by atoms with Crippen LogP contribution in [0.5, 0.6) is 0 Å². The molecule has 0 saturated heterocycles. The topological polar surface area (TPSA) is 70.1 Å². The van der Waals surface area contributed by atoms with E-state index in [0.717, 1.165) is 44.3 Å². The molecule has 6 heteroatoms. The average molecular weight is 476 g/mol. The van der Waals surface area contributed by atoms with Gasteiger partial charge in [-0.25, -0.2) is 0 Å². The van der Waals surface area contributed by atoms with E-state index < -0.39 is 5.92 Å². The van der Waals surface area contributed by atoms with Gasteiger partial charge in [0.25, 0.3) is 0 Å². The summed E-state index contributed by atoms with van der Waals surface area (Å²) < 4.78 is 0.945. The Morgan fingerprint density at radius 2 is 1.97 bits per heavy atom. The fourth-order valence-electron chi connectivity index (χ4n) is 4.53. The molecule has 0 amide bonds. The van der Waals surface area contributed by atoms with Gasteiger partial charge in [0, 0.05) is 37.8 Å². The third-order valence-corrected chi connectivity index (χ3v) is 7.55. The molecule has 4 nitrogen and oxygen atoms in total. The first-order chi connectivity index (χ1) is 14.6. The second kappa shape index (κ2) is 7.42. The summed E-state index contributed by atoms with van der Waals surface area (Å²) in [5.41, 5.74) is 9.66. The van der Waals surface area contributed by atoms with Crippen LogP contribution < -0.4 is 10.6 Å². The van der Waals surface area contributed by atoms with Crippen LogP contribution in [0.15, 0.2) is 81.0 Å². The lowest BCUT2D eigenvalue weighted by Crippen LogP contribution is -2.38. The number of nitrogens with zero attached hydrogens (tertiary/aromatic N) is 2. The third kappa shape index (κ3) is 2.89. The second-order valence-corrected chi connectivity index (χ2v) is 9.34. The number of allylic oxidation sites excluding steroid dienone is 3. The summed E-state index contributed by atoms with van der Waals surface area (Å²) in [6, 6.07) is 18.5. The molecule has 0 bridgehead atoms. The fourth-order valence-corrected chi connectivity index (χ4v) is 6.09. The molecule has 1 aromatic heterocycles. The average Bonchev–Trinajstić information content (AvgIpc) is 3.19. The predicted octanol–water partition coefficient (Wildman–Crippen LogP) is 5.97. The highest BCUT2D eigenvalue weighted by atomic mass is 79.9. The number of Topliss-reactive ketones (excluding diaryl/α,β-unsaturated/α-hetero) is 1. The Labute approximate surface area is 187 Å². The Kier molecular flexibility index (Phi) is 4.73. The molecule has 1 unspecified atom stereocenters. The summed E-state index contributed by atoms with van der Waals surface area (Å²) >= 11 is 5.05. The maximum absolute atomic E-state index is 13.2. The Morgan fingerprint density at radius 3 is 2.73 bits per heavy atom. The van der Waals surface area contributed by atoms with Crippen molar-refractivity contribution in [3.8, 4) is 6.07 Å². The van der Waals surface area contributed by atoms with Gasteiger partial charge >= 0.3 is 0 Å². The molecule has 0 saturated carbocycles. The van der Waals surface area contributed by atoms with Crippen LogP contribution >= 0.6 is 27.3 Å². The first kappa shape index (κ1) is 19.1. The molecule has 5 rings (SSSR count). The second-order valence-electron chi connectivity index (χ2n) is 7.48. The van der Waals surface area contributed by atoms with E-state index in [2.05, 4.69) is 40.2 Å². The molecular formula is C24H18BrN3OS. The van der Waals surface area contributed by atoms with Gasteiger partial charge in [-0.15, -0.1) is 11.3 Å². The van der Waals surface area contributed by atoms with Gasteiger partial charge in [-0.2, -0.15) is 5.26 Å². The van der Waals surface area contributed by atoms with E-state index in [0.29, 0.717) is 23.4 Å². The number of rotatable bonds is 2. The lowest BCUT2D eigenvalue weighted by molar-refractivity contribution is -0.116. The van der Waals surface area contributed by atoms with E-state index in [-0.39, 0.29) is 5.78 Å². The smallest absolute Gasteiger partial charge is 0.161 e. The fraction of sp³-hybridized carbons (Fsp3) is 0.167. The third-order valence-electron chi connectivity index (χ3n) is 5.79. The standard InChI is InChI=1S/C24H18BrN3OS/c25-15-11-21(30-13-15)22-17(12-26)24(27)28(19-9-4-10-20(29)23(19)22)18-8-3-6-14-5-1-2-7-16(14)18/h1-3,5-8,11,13,22H,4,9-10,27H2. The Hall–Kier alpha value is -2.88. The van der Waals surface area contributed by atoms with Crippen molar-refractivity contribution in [3.63, 3.8) is 0 Å². The molecule has 148 valence electrons. The van der Waals surface area contributed by atoms with Crippen molar-refractivity contribution >= 4 is 49.5 Å². The molecule has 1 aliphatic heterocycles. The number of nitrogens with two attached hydrogens (primary N) is 1. The maximum atomic E-state index is 13.2. The minimum atomic E-state index is -0.402. The normalized spacial score (nSPS) is 19.3. The SMILES string of the molecule is N#CC1=C(N)N(c2cccc3ccccc23)C2=C(C(=O)CCC2)C1c1cc(Br)cs1. The Balaban J connectivity index is 1.80. The summed E-state index contributed by atoms with van der Waals surface area (Å²) in [5, 5.41) is 14.2. The van der Waals surface area contributed by atoms with Crippen LogP contribution in [0.2, 0.25) is 0 Å². The zero-order valence-electron chi connectivity index (χ0n) is 16.1. The monoisotopic (exact) mass is 475 g/mol. The van der Waals surface area contributed by atoms with Crippen molar-refractivity contribution in [2.24, 2.45) is 5.73 Å². The van der Waals surface area contributed by atoms with Gasteiger partial charge in [-0.1, -0.05) is 36.4 Å². The number of ketones is 1. The highest BCUT2D eigenvalue weighted by Gasteiger charge is 2.41. The minimum Gasteiger partial charge on any atom is -0.384 e. The van der Waals surface area contributed by atoms with Crippen LogP contribution in [0.4, 0.5) is 5.69 Å². The number of carbonyl (C=O) groups excluding carboxylic acids is 1. The van der Waals surface area contributed by atoms with Gasteiger partial charge in [0.05, 0.1) is 23.2 Å². The van der Waals surface area contributed by atoms with Crippen molar-refractivity contribution in [3.05, 3.63) is 85.9 Å². The highest BCUT2D eigenvalue weighted by molar-refractivity contribution is 9.10. The molecule has 0 radical (unpaired) electrons. The molecule has 2 aromatic carbocycles. The van der Waals surface area contributed by atoms with Crippen LogP contribution in [0.25, 0.3) is 10.8 Å². The van der Waals surface area contributed by atoms with Gasteiger partial charge in [0.1, 0.15) is 5.82 Å². The van der Waals surface area contributed by atoms with E-state index in [4.69, 9.17) is 5.73 Å². The van der Waals surface area contributed by atoms with Crippen LogP contribution in [-0.4, -0.2) is 5.78 Å². The lowest BCUT2D eigenvalue weighted by atomic mass is 9.78. The summed E-state index contributed by atoms with van der Waals surface area (Å²) in [6.45, 7) is 0. The molecule has 1 atom stereocenters. The molecule has 3 aromatic rings. The summed E-state index contributed by atoms with van der Waals surface area (Å²) in [5.74, 6) is 0.119. The molecule has 30 heavy (non-hydrogen) atoms. The minimum absolute atomic E-state index is 0.108. The van der Waals surface area contributed by atoms with E-state index in [1.807, 2.05) is 40.6 Å². The van der Waals surface area contributed by atoms with Crippen LogP contribution in [0.1, 0.15) is 30.1 Å². The number of thiophene rings is 1. The summed E-state index contributed by atoms with van der Waals surface area (Å²) in [6.07, 6.45) is 2.05. The lowest BCUT2D eigenvalue weighted by Gasteiger charge is -2.39. The number of hydrogen-bond donors (Lipinski definition) is 1. The summed E-state index contributed by atoms with van der Waals surface area (Å²) in [7, 11) is 0. The summed E-state index contributed by atoms with van der Waals surface area (Å²) in [4.78, 5) is 16.1. The highest BCUT2D eigenvalue weighted by Crippen LogP contribution is 2.48. The maximum Gasteiger partial charge on any atom is 0.161 e. The van der Waals surface area contributed by atoms with Crippen LogP contribution in [-0.2, 0) is 4.79 Å². The number of carbonyl (C=O) groups is 1. The van der Waals surface area contributed by atoms with Crippen molar-refractivity contribution in [2.45, 2.75) is 25.2 Å². The van der Waals surface area contributed by atoms with Gasteiger partial charge in [-0.05, 0) is 46.3 Å². The van der Waals surface area contributed by atoms with Crippen molar-refractivity contribution < 1.29 is 4.79 Å². The van der Waals surface area contributed by atoms with E-state index in [1.165, 1.54) is 0 Å². The Morgan fingerprint density at radius 1 is 1.17 bits per heavy atom. The van der Waals surface area contributed by atoms with Crippen molar-refractivity contribution in [1.82, 2.24) is 0 Å². The molecule has 1 aliphatic carbocycles. The van der Waals surface area contributed by atoms with Crippen LogP contribution in [0.3, 0.4) is 0 Å². The largest absolute Gasteiger partial charge is 0.384 e. The molecule has 0 fully saturated rings. The zero-order valence-corrected chi connectivity index (χ0v) is 18.5. The van der Waals surface area contributed by atoms with Crippen LogP contribution in [0, 0.1) is 11.3 Å². The predicted molar refractivity (Wildman–Crippen MR) is 124 cm³/mol. The molecular weight excluding hydrogens is 458 g/mol. The molecule has 2 N–H and O–H groups in total. The van der Waals surface area contributed by atoms with Gasteiger partial charge in [-0.3, -0.25) is 9.69 Å². The van der Waals surface area contributed by atoms with E-state index >= 15 is 0 Å².